The Morgan fingerprint density at radius 3 is 2.48 bits per heavy atom. The molecule has 0 radical (unpaired) electrons. The molecule has 146 valence electrons. The van der Waals surface area contributed by atoms with Crippen LogP contribution < -0.4 is 15.5 Å². The van der Waals surface area contributed by atoms with Gasteiger partial charge in [0.1, 0.15) is 5.82 Å². The predicted molar refractivity (Wildman–Crippen MR) is 111 cm³/mol. The Labute approximate surface area is 169 Å². The van der Waals surface area contributed by atoms with Gasteiger partial charge < -0.3 is 20.4 Å². The molecule has 2 rings (SSSR count). The van der Waals surface area contributed by atoms with E-state index in [0.717, 1.165) is 37.6 Å². The molecule has 6 nitrogen and oxygen atoms in total. The van der Waals surface area contributed by atoms with Gasteiger partial charge in [-0.15, -0.1) is 37.2 Å². The summed E-state index contributed by atoms with van der Waals surface area (Å²) in [5, 5.41) is 6.01. The van der Waals surface area contributed by atoms with Crippen LogP contribution in [0.4, 0.5) is 5.82 Å². The lowest BCUT2D eigenvalue weighted by Gasteiger charge is -2.33. The maximum absolute atomic E-state index is 11.9. The van der Waals surface area contributed by atoms with Crippen LogP contribution in [0.25, 0.3) is 0 Å². The number of halogens is 3. The third kappa shape index (κ3) is 8.42. The number of hydrogen-bond acceptors (Lipinski definition) is 5. The number of nitrogens with one attached hydrogen (secondary N) is 2. The van der Waals surface area contributed by atoms with Crippen LogP contribution in [0.5, 0.6) is 0 Å². The molecule has 9 heteroatoms. The van der Waals surface area contributed by atoms with Crippen molar-refractivity contribution in [2.45, 2.75) is 13.5 Å². The van der Waals surface area contributed by atoms with Gasteiger partial charge in [-0.05, 0) is 31.8 Å². The van der Waals surface area contributed by atoms with E-state index in [-0.39, 0.29) is 49.0 Å². The van der Waals surface area contributed by atoms with Crippen molar-refractivity contribution in [3.05, 3.63) is 23.9 Å². The summed E-state index contributed by atoms with van der Waals surface area (Å²) in [6, 6.07) is 4.04. The molecule has 0 saturated carbocycles. The first kappa shape index (κ1) is 26.4. The number of nitrogens with zero attached hydrogens (tertiary/aromatic N) is 3. The Morgan fingerprint density at radius 1 is 1.24 bits per heavy atom. The number of aromatic nitrogens is 1. The average Bonchev–Trinajstić information content (AvgIpc) is 2.54. The van der Waals surface area contributed by atoms with E-state index in [1.807, 2.05) is 26.2 Å². The second kappa shape index (κ2) is 13.4. The van der Waals surface area contributed by atoms with E-state index in [1.165, 1.54) is 0 Å². The number of carbonyl (C=O) groups excluding carboxylic acids is 1. The van der Waals surface area contributed by atoms with Crippen LogP contribution in [-0.4, -0.2) is 62.6 Å². The third-order valence-corrected chi connectivity index (χ3v) is 4.06. The fraction of sp³-hybridized carbons (Fsp3) is 0.625. The summed E-state index contributed by atoms with van der Waals surface area (Å²) in [4.78, 5) is 21.0. The van der Waals surface area contributed by atoms with Crippen LogP contribution in [0.15, 0.2) is 18.3 Å². The fourth-order valence-electron chi connectivity index (χ4n) is 2.54. The molecule has 0 aliphatic carbocycles. The third-order valence-electron chi connectivity index (χ3n) is 4.06. The maximum Gasteiger partial charge on any atom is 0.224 e. The number of likely N-dealkylation sites (N-methyl/N-ethyl adjacent to an activating group) is 1. The molecule has 25 heavy (non-hydrogen) atoms. The minimum atomic E-state index is -0.0241. The van der Waals surface area contributed by atoms with Crippen molar-refractivity contribution in [1.29, 1.82) is 0 Å². The summed E-state index contributed by atoms with van der Waals surface area (Å²) in [5.74, 6) is 1.05. The van der Waals surface area contributed by atoms with Crippen LogP contribution in [0, 0.1) is 5.92 Å². The van der Waals surface area contributed by atoms with E-state index in [0.29, 0.717) is 13.1 Å². The predicted octanol–water partition coefficient (Wildman–Crippen LogP) is 1.57. The van der Waals surface area contributed by atoms with Crippen molar-refractivity contribution >= 4 is 48.9 Å². The molecular formula is C16H30Cl3N5O. The van der Waals surface area contributed by atoms with Gasteiger partial charge >= 0.3 is 0 Å². The number of pyridine rings is 1. The minimum Gasteiger partial charge on any atom is -0.354 e. The average molecular weight is 415 g/mol. The van der Waals surface area contributed by atoms with E-state index in [9.17, 15) is 4.79 Å². The van der Waals surface area contributed by atoms with Crippen molar-refractivity contribution in [3.63, 3.8) is 0 Å². The molecule has 0 bridgehead atoms. The smallest absolute Gasteiger partial charge is 0.224 e. The van der Waals surface area contributed by atoms with Gasteiger partial charge in [-0.2, -0.15) is 0 Å². The molecule has 1 saturated heterocycles. The molecule has 2 heterocycles. The highest BCUT2D eigenvalue weighted by molar-refractivity contribution is 5.86. The number of piperazine rings is 1. The molecule has 1 aliphatic heterocycles. The Kier molecular flexibility index (Phi) is 14.2. The van der Waals surface area contributed by atoms with Gasteiger partial charge in [-0.1, -0.05) is 6.92 Å². The zero-order chi connectivity index (χ0) is 15.9. The largest absolute Gasteiger partial charge is 0.354 e. The molecule has 1 unspecified atom stereocenters. The lowest BCUT2D eigenvalue weighted by atomic mass is 10.1. The lowest BCUT2D eigenvalue weighted by Crippen LogP contribution is -2.44. The molecule has 2 N–H and O–H groups in total. The molecule has 1 aromatic heterocycles. The first-order valence-electron chi connectivity index (χ1n) is 7.91. The topological polar surface area (TPSA) is 60.5 Å². The summed E-state index contributed by atoms with van der Waals surface area (Å²) >= 11 is 0. The second-order valence-electron chi connectivity index (χ2n) is 5.99. The summed E-state index contributed by atoms with van der Waals surface area (Å²) in [7, 11) is 4.00. The Morgan fingerprint density at radius 2 is 1.88 bits per heavy atom. The maximum atomic E-state index is 11.9. The molecule has 1 aliphatic rings. The van der Waals surface area contributed by atoms with Crippen molar-refractivity contribution < 1.29 is 4.79 Å². The van der Waals surface area contributed by atoms with E-state index in [2.05, 4.69) is 38.5 Å². The zero-order valence-electron chi connectivity index (χ0n) is 15.0. The van der Waals surface area contributed by atoms with Crippen LogP contribution in [0.1, 0.15) is 12.5 Å². The van der Waals surface area contributed by atoms with Gasteiger partial charge in [0, 0.05) is 51.4 Å². The highest BCUT2D eigenvalue weighted by Crippen LogP contribution is 2.14. The van der Waals surface area contributed by atoms with Crippen LogP contribution in [-0.2, 0) is 11.3 Å². The van der Waals surface area contributed by atoms with Crippen molar-refractivity contribution in [1.82, 2.24) is 20.5 Å². The van der Waals surface area contributed by atoms with Gasteiger partial charge in [-0.3, -0.25) is 4.79 Å². The van der Waals surface area contributed by atoms with Crippen molar-refractivity contribution in [2.75, 3.05) is 51.7 Å². The van der Waals surface area contributed by atoms with Crippen LogP contribution in [0.2, 0.25) is 0 Å². The normalized spacial score (nSPS) is 15.2. The van der Waals surface area contributed by atoms with Crippen LogP contribution >= 0.6 is 37.2 Å². The van der Waals surface area contributed by atoms with Gasteiger partial charge in [0.15, 0.2) is 0 Å². The molecule has 0 aromatic carbocycles. The highest BCUT2D eigenvalue weighted by atomic mass is 35.5. The summed E-state index contributed by atoms with van der Waals surface area (Å²) in [6.45, 7) is 7.28. The van der Waals surface area contributed by atoms with Gasteiger partial charge in [0.05, 0.1) is 0 Å². The van der Waals surface area contributed by atoms with E-state index < -0.39 is 0 Å². The minimum absolute atomic E-state index is 0. The number of anilines is 1. The molecule has 1 amide bonds. The van der Waals surface area contributed by atoms with Crippen molar-refractivity contribution in [3.8, 4) is 0 Å². The molecular weight excluding hydrogens is 385 g/mol. The zero-order valence-corrected chi connectivity index (χ0v) is 17.5. The number of hydrogen-bond donors (Lipinski definition) is 2. The number of carbonyl (C=O) groups is 1. The van der Waals surface area contributed by atoms with Gasteiger partial charge in [0.25, 0.3) is 0 Å². The highest BCUT2D eigenvalue weighted by Gasteiger charge is 2.16. The number of rotatable bonds is 6. The van der Waals surface area contributed by atoms with E-state index >= 15 is 0 Å². The SMILES string of the molecule is CNCC(C)C(=O)NCc1ccnc(N2CCN(C)CC2)c1.Cl.Cl.Cl. The summed E-state index contributed by atoms with van der Waals surface area (Å²) < 4.78 is 0. The number of amides is 1. The molecule has 1 fully saturated rings. The van der Waals surface area contributed by atoms with Crippen molar-refractivity contribution in [2.24, 2.45) is 5.92 Å². The lowest BCUT2D eigenvalue weighted by molar-refractivity contribution is -0.124. The fourth-order valence-corrected chi connectivity index (χ4v) is 2.54. The van der Waals surface area contributed by atoms with Gasteiger partial charge in [0.2, 0.25) is 5.91 Å². The molecule has 1 atom stereocenters. The molecule has 1 aromatic rings. The monoisotopic (exact) mass is 413 g/mol. The van der Waals surface area contributed by atoms with E-state index in [4.69, 9.17) is 0 Å². The Hall–Kier alpha value is -0.790. The Bertz CT molecular complexity index is 498. The standard InChI is InChI=1S/C16H27N5O.3ClH/c1-13(11-17-2)16(22)19-12-14-4-5-18-15(10-14)21-8-6-20(3)7-9-21;;;/h4-5,10,13,17H,6-9,11-12H2,1-3H3,(H,19,22);3*1H. The second-order valence-corrected chi connectivity index (χ2v) is 5.99. The quantitative estimate of drug-likeness (QED) is 0.740. The first-order chi connectivity index (χ1) is 10.6. The first-order valence-corrected chi connectivity index (χ1v) is 7.91. The summed E-state index contributed by atoms with van der Waals surface area (Å²) in [5.41, 5.74) is 1.09. The molecule has 0 spiro atoms. The Balaban J connectivity index is 0. The van der Waals surface area contributed by atoms with Crippen LogP contribution in [0.3, 0.4) is 0 Å². The van der Waals surface area contributed by atoms with Gasteiger partial charge in [-0.25, -0.2) is 4.98 Å². The van der Waals surface area contributed by atoms with E-state index in [1.54, 1.807) is 0 Å². The summed E-state index contributed by atoms with van der Waals surface area (Å²) in [6.07, 6.45) is 1.83.